The monoisotopic (exact) mass is 417 g/mol. The van der Waals surface area contributed by atoms with E-state index in [0.29, 0.717) is 12.2 Å². The normalized spacial score (nSPS) is 10.9. The Morgan fingerprint density at radius 1 is 0.742 bits per heavy atom. The van der Waals surface area contributed by atoms with Crippen LogP contribution in [0.15, 0.2) is 91.0 Å². The molecule has 0 unspecified atom stereocenters. The second-order valence-corrected chi connectivity index (χ2v) is 7.43. The summed E-state index contributed by atoms with van der Waals surface area (Å²) < 4.78 is 0. The van der Waals surface area contributed by atoms with Crippen LogP contribution in [0, 0.1) is 0 Å². The van der Waals surface area contributed by atoms with Crippen molar-refractivity contribution in [3.05, 3.63) is 108 Å². The molecule has 162 valence electrons. The van der Waals surface area contributed by atoms with Crippen LogP contribution in [0.1, 0.15) is 27.9 Å². The van der Waals surface area contributed by atoms with Crippen LogP contribution in [-0.4, -0.2) is 37.0 Å². The van der Waals surface area contributed by atoms with E-state index in [0.717, 1.165) is 39.1 Å². The van der Waals surface area contributed by atoms with Gasteiger partial charge in [-0.05, 0) is 36.2 Å². The molecule has 0 atom stereocenters. The van der Waals surface area contributed by atoms with E-state index in [-0.39, 0.29) is 5.91 Å². The summed E-state index contributed by atoms with van der Waals surface area (Å²) in [4.78, 5) is 19.6. The predicted octanol–water partition coefficient (Wildman–Crippen LogP) is 4.03. The molecule has 0 aliphatic rings. The Hall–Kier alpha value is -2.99. The number of nitrogens with zero attached hydrogens (tertiary/aromatic N) is 1. The molecule has 31 heavy (non-hydrogen) atoms. The maximum absolute atomic E-state index is 11.9. The Balaban J connectivity index is 1.33. The van der Waals surface area contributed by atoms with Crippen LogP contribution in [0.3, 0.4) is 0 Å². The van der Waals surface area contributed by atoms with Crippen LogP contribution in [-0.2, 0) is 17.9 Å². The van der Waals surface area contributed by atoms with Gasteiger partial charge in [-0.15, -0.1) is 0 Å². The number of amides is 1. The SMILES string of the molecule is O=C(NOCCCNCCN(Cc1ccccc1)Cc1ccccc1)c1ccccc1. The van der Waals surface area contributed by atoms with E-state index in [1.54, 1.807) is 12.1 Å². The van der Waals surface area contributed by atoms with E-state index in [9.17, 15) is 4.79 Å². The molecule has 0 saturated heterocycles. The Morgan fingerprint density at radius 2 is 1.29 bits per heavy atom. The highest BCUT2D eigenvalue weighted by atomic mass is 16.6. The average Bonchev–Trinajstić information content (AvgIpc) is 2.82. The highest BCUT2D eigenvalue weighted by molar-refractivity contribution is 5.93. The summed E-state index contributed by atoms with van der Waals surface area (Å²) in [6.45, 7) is 5.01. The predicted molar refractivity (Wildman–Crippen MR) is 124 cm³/mol. The smallest absolute Gasteiger partial charge is 0.274 e. The molecular weight excluding hydrogens is 386 g/mol. The molecule has 0 heterocycles. The van der Waals surface area contributed by atoms with Crippen molar-refractivity contribution >= 4 is 5.91 Å². The minimum atomic E-state index is -0.217. The Bertz CT molecular complexity index is 831. The van der Waals surface area contributed by atoms with Crippen LogP contribution in [0.2, 0.25) is 0 Å². The third-order valence-corrected chi connectivity index (χ3v) is 4.90. The minimum absolute atomic E-state index is 0.217. The molecule has 0 saturated carbocycles. The zero-order valence-electron chi connectivity index (χ0n) is 17.9. The lowest BCUT2D eigenvalue weighted by Crippen LogP contribution is -2.32. The van der Waals surface area contributed by atoms with Gasteiger partial charge in [0.05, 0.1) is 6.61 Å². The summed E-state index contributed by atoms with van der Waals surface area (Å²) in [6, 6.07) is 30.2. The van der Waals surface area contributed by atoms with Gasteiger partial charge >= 0.3 is 0 Å². The molecular formula is C26H31N3O2. The standard InChI is InChI=1S/C26H31N3O2/c30-26(25-15-8-3-9-16-25)28-31-20-10-17-27-18-19-29(21-23-11-4-1-5-12-23)22-24-13-6-2-7-14-24/h1-9,11-16,27H,10,17-22H2,(H,28,30). The fourth-order valence-corrected chi connectivity index (χ4v) is 3.29. The van der Waals surface area contributed by atoms with Gasteiger partial charge in [0.1, 0.15) is 0 Å². The molecule has 3 rings (SSSR count). The van der Waals surface area contributed by atoms with Gasteiger partial charge < -0.3 is 5.32 Å². The summed E-state index contributed by atoms with van der Waals surface area (Å²) >= 11 is 0. The van der Waals surface area contributed by atoms with Gasteiger partial charge in [-0.2, -0.15) is 0 Å². The van der Waals surface area contributed by atoms with Gasteiger partial charge in [0.15, 0.2) is 0 Å². The van der Waals surface area contributed by atoms with E-state index in [1.165, 1.54) is 11.1 Å². The first-order valence-corrected chi connectivity index (χ1v) is 10.8. The third-order valence-electron chi connectivity index (χ3n) is 4.90. The lowest BCUT2D eigenvalue weighted by molar-refractivity contribution is 0.0304. The van der Waals surface area contributed by atoms with Crippen LogP contribution >= 0.6 is 0 Å². The molecule has 0 aromatic heterocycles. The molecule has 2 N–H and O–H groups in total. The molecule has 0 bridgehead atoms. The van der Waals surface area contributed by atoms with Gasteiger partial charge in [-0.3, -0.25) is 14.5 Å². The van der Waals surface area contributed by atoms with Crippen molar-refractivity contribution in [1.82, 2.24) is 15.7 Å². The van der Waals surface area contributed by atoms with Crippen molar-refractivity contribution < 1.29 is 9.63 Å². The number of rotatable bonds is 13. The number of carbonyl (C=O) groups excluding carboxylic acids is 1. The molecule has 0 fully saturated rings. The number of hydroxylamine groups is 1. The first-order chi connectivity index (χ1) is 15.3. The topological polar surface area (TPSA) is 53.6 Å². The molecule has 5 heteroatoms. The molecule has 0 spiro atoms. The fraction of sp³-hybridized carbons (Fsp3) is 0.269. The van der Waals surface area contributed by atoms with Gasteiger partial charge in [0.2, 0.25) is 0 Å². The van der Waals surface area contributed by atoms with Crippen LogP contribution in [0.25, 0.3) is 0 Å². The summed E-state index contributed by atoms with van der Waals surface area (Å²) in [5.41, 5.74) is 5.72. The Labute approximate surface area is 185 Å². The first-order valence-electron chi connectivity index (χ1n) is 10.8. The van der Waals surface area contributed by atoms with Crippen LogP contribution < -0.4 is 10.8 Å². The van der Waals surface area contributed by atoms with E-state index in [1.807, 2.05) is 18.2 Å². The largest absolute Gasteiger partial charge is 0.315 e. The highest BCUT2D eigenvalue weighted by Crippen LogP contribution is 2.09. The van der Waals surface area contributed by atoms with Crippen molar-refractivity contribution in [2.75, 3.05) is 26.2 Å². The zero-order chi connectivity index (χ0) is 21.6. The fourth-order valence-electron chi connectivity index (χ4n) is 3.29. The molecule has 5 nitrogen and oxygen atoms in total. The first kappa shape index (κ1) is 22.7. The molecule has 3 aromatic rings. The second-order valence-electron chi connectivity index (χ2n) is 7.43. The van der Waals surface area contributed by atoms with Crippen molar-refractivity contribution in [3.8, 4) is 0 Å². The molecule has 1 amide bonds. The Kier molecular flexibility index (Phi) is 9.76. The lowest BCUT2D eigenvalue weighted by Gasteiger charge is -2.23. The number of benzene rings is 3. The number of hydrogen-bond acceptors (Lipinski definition) is 4. The minimum Gasteiger partial charge on any atom is -0.315 e. The Morgan fingerprint density at radius 3 is 1.87 bits per heavy atom. The van der Waals surface area contributed by atoms with Crippen molar-refractivity contribution in [2.24, 2.45) is 0 Å². The molecule has 0 aliphatic carbocycles. The highest BCUT2D eigenvalue weighted by Gasteiger charge is 2.07. The summed E-state index contributed by atoms with van der Waals surface area (Å²) in [5, 5.41) is 3.47. The molecule has 0 radical (unpaired) electrons. The van der Waals surface area contributed by atoms with Gasteiger partial charge in [0, 0.05) is 31.7 Å². The molecule has 3 aromatic carbocycles. The number of carbonyl (C=O) groups is 1. The maximum atomic E-state index is 11.9. The van der Waals surface area contributed by atoms with Gasteiger partial charge in [-0.1, -0.05) is 78.9 Å². The average molecular weight is 418 g/mol. The number of hydrogen-bond donors (Lipinski definition) is 2. The quantitative estimate of drug-likeness (QED) is 0.326. The van der Waals surface area contributed by atoms with Gasteiger partial charge in [-0.25, -0.2) is 5.48 Å². The van der Waals surface area contributed by atoms with Crippen molar-refractivity contribution in [3.63, 3.8) is 0 Å². The van der Waals surface area contributed by atoms with Crippen molar-refractivity contribution in [1.29, 1.82) is 0 Å². The summed E-state index contributed by atoms with van der Waals surface area (Å²) in [6.07, 6.45) is 0.826. The zero-order valence-corrected chi connectivity index (χ0v) is 17.9. The maximum Gasteiger partial charge on any atom is 0.274 e. The van der Waals surface area contributed by atoms with Gasteiger partial charge in [0.25, 0.3) is 5.91 Å². The second kappa shape index (κ2) is 13.3. The van der Waals surface area contributed by atoms with Crippen LogP contribution in [0.5, 0.6) is 0 Å². The van der Waals surface area contributed by atoms with Crippen molar-refractivity contribution in [2.45, 2.75) is 19.5 Å². The number of nitrogens with one attached hydrogen (secondary N) is 2. The van der Waals surface area contributed by atoms with E-state index in [2.05, 4.69) is 76.4 Å². The van der Waals surface area contributed by atoms with E-state index < -0.39 is 0 Å². The van der Waals surface area contributed by atoms with E-state index >= 15 is 0 Å². The lowest BCUT2D eigenvalue weighted by atomic mass is 10.1. The summed E-state index contributed by atoms with van der Waals surface area (Å²) in [5.74, 6) is -0.217. The summed E-state index contributed by atoms with van der Waals surface area (Å²) in [7, 11) is 0. The molecule has 0 aliphatic heterocycles. The van der Waals surface area contributed by atoms with Crippen LogP contribution in [0.4, 0.5) is 0 Å². The third kappa shape index (κ3) is 8.72. The van der Waals surface area contributed by atoms with E-state index in [4.69, 9.17) is 4.84 Å².